The maximum absolute atomic E-state index is 11.8. The van der Waals surface area contributed by atoms with Crippen LogP contribution in [0.5, 0.6) is 11.5 Å². The second kappa shape index (κ2) is 15.8. The topological polar surface area (TPSA) is 134 Å². The van der Waals surface area contributed by atoms with Gasteiger partial charge in [0.25, 0.3) is 0 Å². The summed E-state index contributed by atoms with van der Waals surface area (Å²) in [4.78, 5) is 8.05. The maximum atomic E-state index is 11.8. The molecule has 0 aromatic heterocycles. The predicted octanol–water partition coefficient (Wildman–Crippen LogP) is -0.337. The van der Waals surface area contributed by atoms with E-state index in [0.29, 0.717) is 5.56 Å². The SMILES string of the molecule is CO.CO.C[C@@H](CN=C([O-])c1ccccc1[O-])N=Cc1ccccc1[O-].[Mn+3]. The van der Waals surface area contributed by atoms with Gasteiger partial charge in [0, 0.05) is 20.4 Å². The van der Waals surface area contributed by atoms with Crippen molar-refractivity contribution in [3.05, 3.63) is 59.7 Å². The van der Waals surface area contributed by atoms with E-state index in [2.05, 4.69) is 9.98 Å². The van der Waals surface area contributed by atoms with Crippen LogP contribution in [-0.4, -0.2) is 49.1 Å². The van der Waals surface area contributed by atoms with E-state index in [1.54, 1.807) is 37.3 Å². The van der Waals surface area contributed by atoms with Crippen LogP contribution in [0.25, 0.3) is 0 Å². The van der Waals surface area contributed by atoms with Gasteiger partial charge in [-0.15, -0.1) is 11.5 Å². The molecule has 0 aliphatic rings. The molecule has 27 heavy (non-hydrogen) atoms. The fourth-order valence-corrected chi connectivity index (χ4v) is 1.79. The summed E-state index contributed by atoms with van der Waals surface area (Å²) in [6, 6.07) is 12.3. The Hall–Kier alpha value is -2.38. The van der Waals surface area contributed by atoms with E-state index in [-0.39, 0.29) is 46.7 Å². The molecule has 0 aliphatic carbocycles. The molecule has 0 aliphatic heterocycles. The average molecular weight is 414 g/mol. The Labute approximate surface area is 169 Å². The molecule has 8 heteroatoms. The first-order valence-corrected chi connectivity index (χ1v) is 7.74. The van der Waals surface area contributed by atoms with Crippen molar-refractivity contribution in [1.82, 2.24) is 0 Å². The fourth-order valence-electron chi connectivity index (χ4n) is 1.79. The molecule has 2 N–H and O–H groups in total. The minimum atomic E-state index is -0.545. The maximum Gasteiger partial charge on any atom is 3.00 e. The van der Waals surface area contributed by atoms with Crippen LogP contribution in [0.15, 0.2) is 58.5 Å². The minimum absolute atomic E-state index is 0. The van der Waals surface area contributed by atoms with Gasteiger partial charge in [0.2, 0.25) is 0 Å². The molecular weight excluding hydrogens is 391 g/mol. The van der Waals surface area contributed by atoms with Gasteiger partial charge in [0.05, 0.1) is 12.6 Å². The van der Waals surface area contributed by atoms with E-state index < -0.39 is 5.90 Å². The predicted molar refractivity (Wildman–Crippen MR) is 96.5 cm³/mol. The summed E-state index contributed by atoms with van der Waals surface area (Å²) < 4.78 is 0. The van der Waals surface area contributed by atoms with Crippen molar-refractivity contribution >= 4 is 12.1 Å². The third-order valence-electron chi connectivity index (χ3n) is 3.00. The van der Waals surface area contributed by atoms with Crippen LogP contribution in [0.3, 0.4) is 0 Å². The number of hydrogen-bond donors (Lipinski definition) is 2. The smallest absolute Gasteiger partial charge is 0.872 e. The second-order valence-corrected chi connectivity index (χ2v) is 4.81. The van der Waals surface area contributed by atoms with Crippen LogP contribution in [-0.2, 0) is 17.1 Å². The fraction of sp³-hybridized carbons (Fsp3) is 0.263. The molecule has 0 saturated heterocycles. The normalized spacial score (nSPS) is 11.4. The largest absolute Gasteiger partial charge is 3.00 e. The van der Waals surface area contributed by atoms with Crippen molar-refractivity contribution in [3.63, 3.8) is 0 Å². The van der Waals surface area contributed by atoms with Gasteiger partial charge < -0.3 is 25.5 Å². The van der Waals surface area contributed by atoms with E-state index in [4.69, 9.17) is 10.2 Å². The zero-order chi connectivity index (χ0) is 19.9. The van der Waals surface area contributed by atoms with Gasteiger partial charge in [-0.2, -0.15) is 0 Å². The first kappa shape index (κ1) is 26.8. The van der Waals surface area contributed by atoms with Gasteiger partial charge in [-0.25, -0.2) is 0 Å². The van der Waals surface area contributed by atoms with Crippen LogP contribution in [0.4, 0.5) is 0 Å². The quantitative estimate of drug-likeness (QED) is 0.392. The molecule has 2 aromatic rings. The monoisotopic (exact) mass is 414 g/mol. The number of benzene rings is 2. The molecule has 7 nitrogen and oxygen atoms in total. The van der Waals surface area contributed by atoms with Gasteiger partial charge in [0.1, 0.15) is 0 Å². The Morgan fingerprint density at radius 3 is 2.04 bits per heavy atom. The van der Waals surface area contributed by atoms with Gasteiger partial charge in [-0.1, -0.05) is 48.5 Å². The summed E-state index contributed by atoms with van der Waals surface area (Å²) in [5.74, 6) is -0.990. The first-order valence-electron chi connectivity index (χ1n) is 7.74. The van der Waals surface area contributed by atoms with Crippen molar-refractivity contribution in [1.29, 1.82) is 0 Å². The molecule has 0 bridgehead atoms. The van der Waals surface area contributed by atoms with Crippen LogP contribution in [0, 0.1) is 0 Å². The molecule has 0 fully saturated rings. The molecule has 2 aromatic carbocycles. The summed E-state index contributed by atoms with van der Waals surface area (Å²) in [7, 11) is 2.00. The summed E-state index contributed by atoms with van der Waals surface area (Å²) in [6.45, 7) is 1.94. The molecular formula is C19H23MnN2O5. The van der Waals surface area contributed by atoms with Gasteiger partial charge >= 0.3 is 17.1 Å². The van der Waals surface area contributed by atoms with Gasteiger partial charge in [-0.3, -0.25) is 9.98 Å². The Balaban J connectivity index is 0. The van der Waals surface area contributed by atoms with E-state index >= 15 is 0 Å². The molecule has 0 radical (unpaired) electrons. The average Bonchev–Trinajstić information content (AvgIpc) is 2.69. The zero-order valence-electron chi connectivity index (χ0n) is 15.4. The minimum Gasteiger partial charge on any atom is -0.872 e. The van der Waals surface area contributed by atoms with Crippen molar-refractivity contribution in [3.8, 4) is 11.5 Å². The van der Waals surface area contributed by atoms with Crippen molar-refractivity contribution in [2.75, 3.05) is 20.8 Å². The molecule has 0 unspecified atom stereocenters. The van der Waals surface area contributed by atoms with E-state index in [9.17, 15) is 15.3 Å². The molecule has 0 saturated carbocycles. The number of aliphatic imine (C=N–C) groups is 2. The van der Waals surface area contributed by atoms with E-state index in [1.165, 1.54) is 24.4 Å². The van der Waals surface area contributed by atoms with Crippen molar-refractivity contribution < 1.29 is 42.6 Å². The van der Waals surface area contributed by atoms with Crippen LogP contribution >= 0.6 is 0 Å². The summed E-state index contributed by atoms with van der Waals surface area (Å²) >= 11 is 0. The molecule has 1 atom stereocenters. The van der Waals surface area contributed by atoms with E-state index in [1.807, 2.05) is 0 Å². The van der Waals surface area contributed by atoms with Crippen LogP contribution in [0.1, 0.15) is 18.1 Å². The number of aliphatic hydroxyl groups is 2. The number of hydrogen-bond acceptors (Lipinski definition) is 7. The van der Waals surface area contributed by atoms with Crippen LogP contribution in [0.2, 0.25) is 0 Å². The molecule has 0 spiro atoms. The second-order valence-electron chi connectivity index (χ2n) is 4.81. The van der Waals surface area contributed by atoms with Crippen molar-refractivity contribution in [2.24, 2.45) is 9.98 Å². The zero-order valence-corrected chi connectivity index (χ0v) is 16.6. The Morgan fingerprint density at radius 1 is 0.963 bits per heavy atom. The Bertz CT molecular complexity index is 708. The molecule has 0 heterocycles. The van der Waals surface area contributed by atoms with E-state index in [0.717, 1.165) is 14.2 Å². The Kier molecular flexibility index (Phi) is 15.8. The number of para-hydroxylation sites is 2. The Morgan fingerprint density at radius 2 is 1.48 bits per heavy atom. The number of rotatable bonds is 5. The number of aliphatic hydroxyl groups excluding tert-OH is 2. The van der Waals surface area contributed by atoms with Crippen LogP contribution < -0.4 is 15.3 Å². The molecule has 0 amide bonds. The summed E-state index contributed by atoms with van der Waals surface area (Å²) in [5.41, 5.74) is 0.550. The summed E-state index contributed by atoms with van der Waals surface area (Å²) in [6.07, 6.45) is 1.48. The third-order valence-corrected chi connectivity index (χ3v) is 3.00. The molecule has 146 valence electrons. The first-order chi connectivity index (χ1) is 12.6. The summed E-state index contributed by atoms with van der Waals surface area (Å²) in [5, 5.41) is 48.9. The van der Waals surface area contributed by atoms with Gasteiger partial charge in [0.15, 0.2) is 0 Å². The number of nitrogens with zero attached hydrogens (tertiary/aromatic N) is 2. The molecule has 2 rings (SSSR count). The standard InChI is InChI=1S/C17H18N2O3.2CH4O.Mn/c1-12(18-11-13-6-2-4-8-15(13)20)10-19-17(22)14-7-3-5-9-16(14)21;2*1-2;/h2-9,11-12,20-21H,10H2,1H3,(H,19,22);2*2H,1H3;/q;;;+3/p-3/t12-;;;/m0.../s1. The van der Waals surface area contributed by atoms with Gasteiger partial charge in [-0.05, 0) is 23.9 Å². The van der Waals surface area contributed by atoms with Crippen molar-refractivity contribution in [2.45, 2.75) is 13.0 Å². The third kappa shape index (κ3) is 9.77.